The largest absolute Gasteiger partial charge is 0.497 e. The van der Waals surface area contributed by atoms with Gasteiger partial charge in [-0.2, -0.15) is 0 Å². The minimum Gasteiger partial charge on any atom is -0.497 e. The fourth-order valence-corrected chi connectivity index (χ4v) is 3.52. The van der Waals surface area contributed by atoms with Crippen molar-refractivity contribution < 1.29 is 19.4 Å². The maximum absolute atomic E-state index is 12.1. The molecule has 0 heterocycles. The second-order valence-corrected chi connectivity index (χ2v) is 7.14. The first-order valence-corrected chi connectivity index (χ1v) is 9.55. The van der Waals surface area contributed by atoms with Crippen LogP contribution in [0.25, 0.3) is 11.1 Å². The average molecular weight is 382 g/mol. The molecule has 1 saturated carbocycles. The summed E-state index contributed by atoms with van der Waals surface area (Å²) in [5, 5.41) is 14.8. The highest BCUT2D eigenvalue weighted by molar-refractivity contribution is 5.74. The van der Waals surface area contributed by atoms with Gasteiger partial charge in [-0.1, -0.05) is 36.4 Å². The molecular formula is C22H26N2O4. The van der Waals surface area contributed by atoms with Crippen molar-refractivity contribution in [2.75, 3.05) is 7.11 Å². The minimum absolute atomic E-state index is 0.0473. The van der Waals surface area contributed by atoms with Crippen LogP contribution in [0.2, 0.25) is 0 Å². The Labute approximate surface area is 164 Å². The molecule has 0 aromatic heterocycles. The van der Waals surface area contributed by atoms with Crippen LogP contribution in [0.3, 0.4) is 0 Å². The van der Waals surface area contributed by atoms with E-state index in [1.54, 1.807) is 7.11 Å². The number of hydrogen-bond acceptors (Lipinski definition) is 3. The molecular weight excluding hydrogens is 356 g/mol. The Hall–Kier alpha value is -3.02. The molecule has 28 heavy (non-hydrogen) atoms. The van der Waals surface area contributed by atoms with Crippen molar-refractivity contribution in [1.29, 1.82) is 0 Å². The van der Waals surface area contributed by atoms with E-state index in [2.05, 4.69) is 10.6 Å². The number of carboxylic acid groups (broad SMARTS) is 1. The van der Waals surface area contributed by atoms with Crippen molar-refractivity contribution in [2.45, 2.75) is 38.3 Å². The molecule has 0 spiro atoms. The zero-order chi connectivity index (χ0) is 19.9. The monoisotopic (exact) mass is 382 g/mol. The zero-order valence-electron chi connectivity index (χ0n) is 16.0. The Morgan fingerprint density at radius 2 is 1.75 bits per heavy atom. The lowest BCUT2D eigenvalue weighted by molar-refractivity contribution is -0.142. The number of aliphatic carboxylic acids is 1. The van der Waals surface area contributed by atoms with Crippen molar-refractivity contribution in [2.24, 2.45) is 5.92 Å². The molecule has 0 unspecified atom stereocenters. The minimum atomic E-state index is -0.736. The smallest absolute Gasteiger partial charge is 0.315 e. The summed E-state index contributed by atoms with van der Waals surface area (Å²) in [5.74, 6) is -0.193. The van der Waals surface area contributed by atoms with Gasteiger partial charge < -0.3 is 20.5 Å². The molecule has 2 amide bonds. The number of nitrogens with one attached hydrogen (secondary N) is 2. The van der Waals surface area contributed by atoms with Crippen LogP contribution in [0.1, 0.15) is 31.2 Å². The van der Waals surface area contributed by atoms with Crippen molar-refractivity contribution in [3.8, 4) is 16.9 Å². The van der Waals surface area contributed by atoms with E-state index in [0.717, 1.165) is 22.4 Å². The Kier molecular flexibility index (Phi) is 6.53. The second-order valence-electron chi connectivity index (χ2n) is 7.14. The molecule has 0 atom stereocenters. The van der Waals surface area contributed by atoms with Crippen molar-refractivity contribution in [3.05, 3.63) is 54.1 Å². The molecule has 0 bridgehead atoms. The summed E-state index contributed by atoms with van der Waals surface area (Å²) >= 11 is 0. The molecule has 3 N–H and O–H groups in total. The highest BCUT2D eigenvalue weighted by Gasteiger charge is 2.26. The van der Waals surface area contributed by atoms with Gasteiger partial charge in [0.05, 0.1) is 13.0 Å². The third kappa shape index (κ3) is 5.25. The van der Waals surface area contributed by atoms with E-state index in [9.17, 15) is 9.59 Å². The van der Waals surface area contributed by atoms with Crippen LogP contribution in [0.4, 0.5) is 4.79 Å². The van der Waals surface area contributed by atoms with Gasteiger partial charge in [-0.3, -0.25) is 4.79 Å². The Morgan fingerprint density at radius 3 is 2.39 bits per heavy atom. The Bertz CT molecular complexity index is 812. The van der Waals surface area contributed by atoms with Gasteiger partial charge in [-0.15, -0.1) is 0 Å². The lowest BCUT2D eigenvalue weighted by Gasteiger charge is -2.26. The molecule has 148 valence electrons. The van der Waals surface area contributed by atoms with Crippen LogP contribution in [-0.2, 0) is 11.3 Å². The molecule has 0 saturated heterocycles. The van der Waals surface area contributed by atoms with Gasteiger partial charge in [-0.25, -0.2) is 4.79 Å². The van der Waals surface area contributed by atoms with Gasteiger partial charge in [0.2, 0.25) is 0 Å². The molecule has 6 heteroatoms. The van der Waals surface area contributed by atoms with Crippen LogP contribution in [0.5, 0.6) is 5.75 Å². The summed E-state index contributed by atoms with van der Waals surface area (Å²) in [7, 11) is 1.65. The highest BCUT2D eigenvalue weighted by atomic mass is 16.5. The summed E-state index contributed by atoms with van der Waals surface area (Å²) in [5.41, 5.74) is 3.17. The number of amides is 2. The van der Waals surface area contributed by atoms with Crippen LogP contribution >= 0.6 is 0 Å². The number of carbonyl (C=O) groups excluding carboxylic acids is 1. The first-order chi connectivity index (χ1) is 13.5. The van der Waals surface area contributed by atoms with Crippen LogP contribution in [0, 0.1) is 5.92 Å². The Morgan fingerprint density at radius 1 is 1.04 bits per heavy atom. The predicted octanol–water partition coefficient (Wildman–Crippen LogP) is 3.80. The standard InChI is InChI=1S/C22H26N2O4/c1-28-20-4-2-3-18(13-20)16-7-5-15(6-8-16)14-23-22(27)24-19-11-9-17(10-12-19)21(25)26/h2-8,13,17,19H,9-12,14H2,1H3,(H,25,26)(H2,23,24,27). The predicted molar refractivity (Wildman–Crippen MR) is 107 cm³/mol. The lowest BCUT2D eigenvalue weighted by atomic mass is 9.86. The second kappa shape index (κ2) is 9.26. The van der Waals surface area contributed by atoms with Gasteiger partial charge in [0.25, 0.3) is 0 Å². The molecule has 1 fully saturated rings. The van der Waals surface area contributed by atoms with Gasteiger partial charge in [0, 0.05) is 12.6 Å². The lowest BCUT2D eigenvalue weighted by Crippen LogP contribution is -2.43. The molecule has 1 aliphatic carbocycles. The van der Waals surface area contributed by atoms with E-state index in [-0.39, 0.29) is 18.0 Å². The maximum Gasteiger partial charge on any atom is 0.315 e. The van der Waals surface area contributed by atoms with E-state index < -0.39 is 5.97 Å². The SMILES string of the molecule is COc1cccc(-c2ccc(CNC(=O)NC3CCC(C(=O)O)CC3)cc2)c1. The summed E-state index contributed by atoms with van der Waals surface area (Å²) in [4.78, 5) is 23.1. The van der Waals surface area contributed by atoms with E-state index in [4.69, 9.17) is 9.84 Å². The summed E-state index contributed by atoms with van der Waals surface area (Å²) < 4.78 is 5.26. The third-order valence-electron chi connectivity index (χ3n) is 5.22. The summed E-state index contributed by atoms with van der Waals surface area (Å²) in [6.45, 7) is 0.439. The number of hydrogen-bond donors (Lipinski definition) is 3. The van der Waals surface area contributed by atoms with Crippen molar-refractivity contribution >= 4 is 12.0 Å². The molecule has 0 radical (unpaired) electrons. The number of urea groups is 1. The van der Waals surface area contributed by atoms with Crippen LogP contribution in [0.15, 0.2) is 48.5 Å². The van der Waals surface area contributed by atoms with Crippen LogP contribution in [-0.4, -0.2) is 30.3 Å². The number of carboxylic acids is 1. The van der Waals surface area contributed by atoms with Gasteiger partial charge in [0.15, 0.2) is 0 Å². The fourth-order valence-electron chi connectivity index (χ4n) is 3.52. The molecule has 2 aromatic rings. The highest BCUT2D eigenvalue weighted by Crippen LogP contribution is 2.25. The fraction of sp³-hybridized carbons (Fsp3) is 0.364. The van der Waals surface area contributed by atoms with Crippen molar-refractivity contribution in [3.63, 3.8) is 0 Å². The molecule has 0 aliphatic heterocycles. The zero-order valence-corrected chi connectivity index (χ0v) is 16.0. The first kappa shape index (κ1) is 19.7. The Balaban J connectivity index is 1.47. The number of carbonyl (C=O) groups is 2. The molecule has 3 rings (SSSR count). The van der Waals surface area contributed by atoms with Gasteiger partial charge >= 0.3 is 12.0 Å². The number of benzene rings is 2. The number of methoxy groups -OCH3 is 1. The first-order valence-electron chi connectivity index (χ1n) is 9.55. The van der Waals surface area contributed by atoms with E-state index in [1.165, 1.54) is 0 Å². The normalized spacial score (nSPS) is 18.9. The van der Waals surface area contributed by atoms with Crippen LogP contribution < -0.4 is 15.4 Å². The average Bonchev–Trinajstić information content (AvgIpc) is 2.73. The molecule has 2 aromatic carbocycles. The summed E-state index contributed by atoms with van der Waals surface area (Å²) in [6, 6.07) is 15.8. The number of rotatable bonds is 6. The van der Waals surface area contributed by atoms with E-state index in [1.807, 2.05) is 48.5 Å². The van der Waals surface area contributed by atoms with Gasteiger partial charge in [0.1, 0.15) is 5.75 Å². The summed E-state index contributed by atoms with van der Waals surface area (Å²) in [6.07, 6.45) is 2.65. The topological polar surface area (TPSA) is 87.7 Å². The quantitative estimate of drug-likeness (QED) is 0.709. The maximum atomic E-state index is 12.1. The molecule has 6 nitrogen and oxygen atoms in total. The van der Waals surface area contributed by atoms with Gasteiger partial charge in [-0.05, 0) is 54.5 Å². The van der Waals surface area contributed by atoms with Crippen molar-refractivity contribution in [1.82, 2.24) is 10.6 Å². The number of ether oxygens (including phenoxy) is 1. The third-order valence-corrected chi connectivity index (χ3v) is 5.22. The van der Waals surface area contributed by atoms with E-state index >= 15 is 0 Å². The van der Waals surface area contributed by atoms with E-state index in [0.29, 0.717) is 32.2 Å². The molecule has 1 aliphatic rings.